The zero-order valence-electron chi connectivity index (χ0n) is 10.9. The number of aliphatic hydroxyl groups excluding tert-OH is 1. The Morgan fingerprint density at radius 1 is 1.35 bits per heavy atom. The van der Waals surface area contributed by atoms with Crippen molar-refractivity contribution in [2.24, 2.45) is 17.7 Å². The van der Waals surface area contributed by atoms with E-state index in [2.05, 4.69) is 10.4 Å². The Hall–Kier alpha value is -1.22. The second kappa shape index (κ2) is 4.96. The summed E-state index contributed by atoms with van der Waals surface area (Å²) in [7, 11) is -3.54. The number of hydrazine groups is 1. The molecule has 1 aromatic rings. The van der Waals surface area contributed by atoms with E-state index in [0.717, 1.165) is 12.8 Å². The van der Waals surface area contributed by atoms with E-state index in [9.17, 15) is 13.5 Å². The van der Waals surface area contributed by atoms with Gasteiger partial charge in [0.25, 0.3) is 0 Å². The lowest BCUT2D eigenvalue weighted by Crippen LogP contribution is -2.31. The number of hydrogen-bond acceptors (Lipinski definition) is 6. The van der Waals surface area contributed by atoms with Crippen LogP contribution in [0.1, 0.15) is 12.8 Å². The van der Waals surface area contributed by atoms with Gasteiger partial charge in [-0.3, -0.25) is 0 Å². The van der Waals surface area contributed by atoms with Gasteiger partial charge in [0.05, 0.1) is 6.10 Å². The van der Waals surface area contributed by atoms with Gasteiger partial charge in [0, 0.05) is 25.2 Å². The van der Waals surface area contributed by atoms with Crippen molar-refractivity contribution in [3.63, 3.8) is 0 Å². The predicted molar refractivity (Wildman–Crippen MR) is 73.0 cm³/mol. The van der Waals surface area contributed by atoms with E-state index in [4.69, 9.17) is 5.84 Å². The Kier molecular flexibility index (Phi) is 3.41. The molecule has 20 heavy (non-hydrogen) atoms. The Bertz CT molecular complexity index is 589. The van der Waals surface area contributed by atoms with Crippen molar-refractivity contribution in [1.29, 1.82) is 0 Å². The highest BCUT2D eigenvalue weighted by Crippen LogP contribution is 2.39. The monoisotopic (exact) mass is 298 g/mol. The van der Waals surface area contributed by atoms with Crippen LogP contribution in [0.5, 0.6) is 0 Å². The van der Waals surface area contributed by atoms with Crippen LogP contribution in [0.4, 0.5) is 5.82 Å². The molecule has 2 heterocycles. The molecule has 0 amide bonds. The number of pyridine rings is 1. The fourth-order valence-electron chi connectivity index (χ4n) is 3.16. The fraction of sp³-hybridized carbons (Fsp3) is 0.583. The first-order chi connectivity index (χ1) is 9.52. The molecule has 110 valence electrons. The van der Waals surface area contributed by atoms with Gasteiger partial charge >= 0.3 is 0 Å². The molecule has 8 heteroatoms. The summed E-state index contributed by atoms with van der Waals surface area (Å²) in [6.45, 7) is 0.881. The highest BCUT2D eigenvalue weighted by molar-refractivity contribution is 7.89. The van der Waals surface area contributed by atoms with Crippen LogP contribution in [-0.4, -0.2) is 42.0 Å². The molecule has 0 bridgehead atoms. The first kappa shape index (κ1) is 13.7. The van der Waals surface area contributed by atoms with Gasteiger partial charge in [-0.2, -0.15) is 4.31 Å². The van der Waals surface area contributed by atoms with Crippen molar-refractivity contribution in [2.45, 2.75) is 23.8 Å². The van der Waals surface area contributed by atoms with Crippen molar-refractivity contribution in [3.05, 3.63) is 18.3 Å². The minimum atomic E-state index is -3.54. The maximum absolute atomic E-state index is 12.5. The van der Waals surface area contributed by atoms with Crippen molar-refractivity contribution >= 4 is 15.8 Å². The van der Waals surface area contributed by atoms with Gasteiger partial charge in [0.2, 0.25) is 10.0 Å². The smallest absolute Gasteiger partial charge is 0.244 e. The summed E-state index contributed by atoms with van der Waals surface area (Å²) in [6, 6.07) is 3.01. The molecule has 3 unspecified atom stereocenters. The third kappa shape index (κ3) is 2.18. The lowest BCUT2D eigenvalue weighted by atomic mass is 10.00. The lowest BCUT2D eigenvalue weighted by Gasteiger charge is -2.18. The normalized spacial score (nSPS) is 30.4. The molecule has 0 aromatic carbocycles. The summed E-state index contributed by atoms with van der Waals surface area (Å²) in [6.07, 6.45) is 2.60. The van der Waals surface area contributed by atoms with Gasteiger partial charge in [-0.1, -0.05) is 0 Å². The maximum atomic E-state index is 12.5. The van der Waals surface area contributed by atoms with Crippen LogP contribution in [0.3, 0.4) is 0 Å². The zero-order chi connectivity index (χ0) is 14.3. The van der Waals surface area contributed by atoms with Crippen LogP contribution in [-0.2, 0) is 10.0 Å². The molecule has 7 nitrogen and oxygen atoms in total. The summed E-state index contributed by atoms with van der Waals surface area (Å²) in [5.74, 6) is 5.97. The van der Waals surface area contributed by atoms with E-state index in [1.807, 2.05) is 0 Å². The molecule has 0 spiro atoms. The number of anilines is 1. The third-order valence-electron chi connectivity index (χ3n) is 4.31. The van der Waals surface area contributed by atoms with Gasteiger partial charge in [-0.15, -0.1) is 0 Å². The highest BCUT2D eigenvalue weighted by Gasteiger charge is 2.45. The average molecular weight is 298 g/mol. The molecule has 3 atom stereocenters. The number of rotatable bonds is 3. The zero-order valence-corrected chi connectivity index (χ0v) is 11.8. The van der Waals surface area contributed by atoms with E-state index in [0.29, 0.717) is 18.9 Å². The Morgan fingerprint density at radius 3 is 2.75 bits per heavy atom. The van der Waals surface area contributed by atoms with E-state index in [1.54, 1.807) is 0 Å². The topological polar surface area (TPSA) is 109 Å². The molecular formula is C12H18N4O3S. The average Bonchev–Trinajstić information content (AvgIpc) is 3.02. The molecule has 1 aromatic heterocycles. The maximum Gasteiger partial charge on any atom is 0.244 e. The number of nitrogens with two attached hydrogens (primary N) is 1. The molecule has 2 aliphatic rings. The molecule has 1 saturated heterocycles. The van der Waals surface area contributed by atoms with Crippen LogP contribution in [0, 0.1) is 11.8 Å². The molecule has 0 radical (unpaired) electrons. The van der Waals surface area contributed by atoms with Gasteiger partial charge in [0.15, 0.2) is 0 Å². The summed E-state index contributed by atoms with van der Waals surface area (Å²) in [5, 5.41) is 9.87. The van der Waals surface area contributed by atoms with Crippen molar-refractivity contribution in [2.75, 3.05) is 18.5 Å². The quantitative estimate of drug-likeness (QED) is 0.525. The molecule has 1 aliphatic heterocycles. The van der Waals surface area contributed by atoms with Gasteiger partial charge in [-0.05, 0) is 30.9 Å². The predicted octanol–water partition coefficient (Wildman–Crippen LogP) is -0.241. The number of aliphatic hydroxyl groups is 1. The first-order valence-electron chi connectivity index (χ1n) is 6.63. The van der Waals surface area contributed by atoms with Crippen LogP contribution in [0.25, 0.3) is 0 Å². The van der Waals surface area contributed by atoms with Gasteiger partial charge in [-0.25, -0.2) is 19.2 Å². The molecule has 1 aliphatic carbocycles. The van der Waals surface area contributed by atoms with Crippen molar-refractivity contribution in [1.82, 2.24) is 9.29 Å². The largest absolute Gasteiger partial charge is 0.393 e. The third-order valence-corrected chi connectivity index (χ3v) is 6.12. The summed E-state index contributed by atoms with van der Waals surface area (Å²) in [4.78, 5) is 4.09. The lowest BCUT2D eigenvalue weighted by molar-refractivity contribution is 0.129. The summed E-state index contributed by atoms with van der Waals surface area (Å²) < 4.78 is 26.5. The fourth-order valence-corrected chi connectivity index (χ4v) is 4.64. The molecule has 4 N–H and O–H groups in total. The second-order valence-corrected chi connectivity index (χ2v) is 7.35. The standard InChI is InChI=1S/C12H18N4O3S/c13-15-12-4-2-9(5-14-12)20(18,19)16-6-8-1-3-11(17)10(8)7-16/h2,4-5,8,10-11,17H,1,3,6-7,13H2,(H,14,15). The van der Waals surface area contributed by atoms with Crippen LogP contribution < -0.4 is 11.3 Å². The van der Waals surface area contributed by atoms with Gasteiger partial charge < -0.3 is 10.5 Å². The molecule has 1 saturated carbocycles. The van der Waals surface area contributed by atoms with E-state index < -0.39 is 10.0 Å². The van der Waals surface area contributed by atoms with Crippen LogP contribution in [0.15, 0.2) is 23.2 Å². The van der Waals surface area contributed by atoms with Crippen LogP contribution >= 0.6 is 0 Å². The van der Waals surface area contributed by atoms with Crippen molar-refractivity contribution in [3.8, 4) is 0 Å². The number of nitrogen functional groups attached to an aromatic ring is 1. The molecular weight excluding hydrogens is 280 g/mol. The number of aromatic nitrogens is 1. The highest BCUT2D eigenvalue weighted by atomic mass is 32.2. The van der Waals surface area contributed by atoms with E-state index >= 15 is 0 Å². The summed E-state index contributed by atoms with van der Waals surface area (Å²) in [5.41, 5.74) is 2.36. The SMILES string of the molecule is NNc1ccc(S(=O)(=O)N2CC3CCC(O)C3C2)cn1. The molecule has 3 rings (SSSR count). The van der Waals surface area contributed by atoms with E-state index in [1.165, 1.54) is 22.6 Å². The van der Waals surface area contributed by atoms with Crippen molar-refractivity contribution < 1.29 is 13.5 Å². The minimum absolute atomic E-state index is 0.0720. The molecule has 2 fully saturated rings. The minimum Gasteiger partial charge on any atom is -0.393 e. The number of sulfonamides is 1. The number of nitrogens with one attached hydrogen (secondary N) is 1. The van der Waals surface area contributed by atoms with Crippen LogP contribution in [0.2, 0.25) is 0 Å². The second-order valence-electron chi connectivity index (χ2n) is 5.41. The van der Waals surface area contributed by atoms with Gasteiger partial charge in [0.1, 0.15) is 10.7 Å². The number of fused-ring (bicyclic) bond motifs is 1. The number of hydrogen-bond donors (Lipinski definition) is 3. The Labute approximate surface area is 117 Å². The summed E-state index contributed by atoms with van der Waals surface area (Å²) >= 11 is 0. The Balaban J connectivity index is 1.82. The number of nitrogens with zero attached hydrogens (tertiary/aromatic N) is 2. The van der Waals surface area contributed by atoms with E-state index in [-0.39, 0.29) is 22.8 Å². The Morgan fingerprint density at radius 2 is 2.15 bits per heavy atom. The first-order valence-corrected chi connectivity index (χ1v) is 8.07.